The first-order valence-corrected chi connectivity index (χ1v) is 5.53. The molecule has 0 aliphatic rings. The lowest BCUT2D eigenvalue weighted by Gasteiger charge is -2.05. The maximum absolute atomic E-state index is 11.9. The third-order valence-electron chi connectivity index (χ3n) is 2.46. The molecule has 0 bridgehead atoms. The van der Waals surface area contributed by atoms with E-state index in [9.17, 15) is 9.59 Å². The summed E-state index contributed by atoms with van der Waals surface area (Å²) >= 11 is 0. The van der Waals surface area contributed by atoms with E-state index in [-0.39, 0.29) is 0 Å². The third kappa shape index (κ3) is 2.83. The average molecular weight is 240 g/mol. The molecule has 0 unspecified atom stereocenters. The van der Waals surface area contributed by atoms with Gasteiger partial charge in [0.15, 0.2) is 0 Å². The summed E-state index contributed by atoms with van der Waals surface area (Å²) in [6.07, 6.45) is 0.712. The van der Waals surface area contributed by atoms with E-state index >= 15 is 0 Å². The molecule has 0 spiro atoms. The lowest BCUT2D eigenvalue weighted by molar-refractivity contribution is 0.0734. The second kappa shape index (κ2) is 5.27. The Hall–Kier alpha value is -2.42. The molecule has 18 heavy (non-hydrogen) atoms. The van der Waals surface area contributed by atoms with E-state index in [2.05, 4.69) is 0 Å². The largest absolute Gasteiger partial charge is 0.423 e. The molecule has 0 aromatic heterocycles. The first-order valence-electron chi connectivity index (χ1n) is 5.53. The minimum Gasteiger partial charge on any atom is -0.423 e. The van der Waals surface area contributed by atoms with Crippen molar-refractivity contribution in [1.82, 2.24) is 0 Å². The number of benzene rings is 2. The van der Waals surface area contributed by atoms with E-state index in [0.717, 1.165) is 5.56 Å². The zero-order valence-corrected chi connectivity index (χ0v) is 9.92. The highest BCUT2D eigenvalue weighted by Crippen LogP contribution is 2.14. The molecule has 0 fully saturated rings. The highest BCUT2D eigenvalue weighted by atomic mass is 16.5. The highest BCUT2D eigenvalue weighted by Gasteiger charge is 2.08. The van der Waals surface area contributed by atoms with Gasteiger partial charge in [-0.05, 0) is 31.2 Å². The van der Waals surface area contributed by atoms with Crippen LogP contribution in [-0.4, -0.2) is 12.3 Å². The summed E-state index contributed by atoms with van der Waals surface area (Å²) in [6.45, 7) is 1.91. The molecule has 3 heteroatoms. The van der Waals surface area contributed by atoms with E-state index < -0.39 is 5.97 Å². The molecule has 0 N–H and O–H groups in total. The normalized spacial score (nSPS) is 9.83. The van der Waals surface area contributed by atoms with Gasteiger partial charge in [-0.2, -0.15) is 0 Å². The molecule has 2 rings (SSSR count). The molecule has 0 saturated carbocycles. The monoisotopic (exact) mass is 240 g/mol. The van der Waals surface area contributed by atoms with Crippen LogP contribution in [-0.2, 0) is 0 Å². The minimum atomic E-state index is -0.429. The molecule has 0 atom stereocenters. The Balaban J connectivity index is 2.18. The van der Waals surface area contributed by atoms with Gasteiger partial charge >= 0.3 is 5.97 Å². The predicted molar refractivity (Wildman–Crippen MR) is 68.0 cm³/mol. The van der Waals surface area contributed by atoms with Gasteiger partial charge < -0.3 is 4.74 Å². The van der Waals surface area contributed by atoms with Crippen LogP contribution in [0.2, 0.25) is 0 Å². The number of rotatable bonds is 3. The van der Waals surface area contributed by atoms with Crippen molar-refractivity contribution in [1.29, 1.82) is 0 Å². The summed E-state index contributed by atoms with van der Waals surface area (Å²) in [6, 6.07) is 13.6. The van der Waals surface area contributed by atoms with E-state index in [1.807, 2.05) is 13.0 Å². The van der Waals surface area contributed by atoms with Crippen LogP contribution in [0.1, 0.15) is 26.3 Å². The first-order chi connectivity index (χ1) is 8.69. The van der Waals surface area contributed by atoms with Crippen molar-refractivity contribution in [2.45, 2.75) is 6.92 Å². The highest BCUT2D eigenvalue weighted by molar-refractivity contribution is 5.91. The summed E-state index contributed by atoms with van der Waals surface area (Å²) in [5.74, 6) is -0.0622. The number of hydrogen-bond acceptors (Lipinski definition) is 3. The predicted octanol–water partition coefficient (Wildman–Crippen LogP) is 3.03. The Morgan fingerprint density at radius 1 is 1.11 bits per heavy atom. The van der Waals surface area contributed by atoms with Gasteiger partial charge in [-0.15, -0.1) is 0 Å². The fourth-order valence-corrected chi connectivity index (χ4v) is 1.59. The van der Waals surface area contributed by atoms with Gasteiger partial charge in [-0.25, -0.2) is 4.79 Å². The van der Waals surface area contributed by atoms with Crippen LogP contribution in [0.3, 0.4) is 0 Å². The zero-order valence-electron chi connectivity index (χ0n) is 9.92. The van der Waals surface area contributed by atoms with Crippen LogP contribution in [0.5, 0.6) is 5.75 Å². The van der Waals surface area contributed by atoms with Gasteiger partial charge in [-0.3, -0.25) is 4.79 Å². The fraction of sp³-hybridized carbons (Fsp3) is 0.0667. The number of aryl methyl sites for hydroxylation is 1. The van der Waals surface area contributed by atoms with Crippen molar-refractivity contribution in [2.75, 3.05) is 0 Å². The number of esters is 1. The summed E-state index contributed by atoms with van der Waals surface area (Å²) in [7, 11) is 0. The number of ether oxygens (including phenoxy) is 1. The topological polar surface area (TPSA) is 43.4 Å². The van der Waals surface area contributed by atoms with Crippen molar-refractivity contribution in [3.05, 3.63) is 65.2 Å². The Kier molecular flexibility index (Phi) is 3.53. The Labute approximate surface area is 105 Å². The fourth-order valence-electron chi connectivity index (χ4n) is 1.59. The van der Waals surface area contributed by atoms with Gasteiger partial charge in [0.25, 0.3) is 0 Å². The van der Waals surface area contributed by atoms with Crippen molar-refractivity contribution in [2.24, 2.45) is 0 Å². The second-order valence-electron chi connectivity index (χ2n) is 3.95. The van der Waals surface area contributed by atoms with Crippen LogP contribution in [0.25, 0.3) is 0 Å². The summed E-state index contributed by atoms with van der Waals surface area (Å²) in [5.41, 5.74) is 1.96. The molecular formula is C15H12O3. The molecule has 0 saturated heterocycles. The van der Waals surface area contributed by atoms with E-state index in [1.54, 1.807) is 36.4 Å². The van der Waals surface area contributed by atoms with Gasteiger partial charge in [-0.1, -0.05) is 29.8 Å². The van der Waals surface area contributed by atoms with Crippen molar-refractivity contribution >= 4 is 12.3 Å². The Morgan fingerprint density at radius 2 is 1.89 bits per heavy atom. The zero-order chi connectivity index (χ0) is 13.0. The van der Waals surface area contributed by atoms with Crippen molar-refractivity contribution in [3.63, 3.8) is 0 Å². The number of aldehydes is 1. The van der Waals surface area contributed by atoms with Crippen LogP contribution in [0.15, 0.2) is 48.5 Å². The standard InChI is InChI=1S/C15H12O3/c1-11-4-2-6-13(8-11)15(17)18-14-7-3-5-12(9-14)10-16/h2-10H,1H3. The average Bonchev–Trinajstić information content (AvgIpc) is 2.39. The number of carbonyl (C=O) groups excluding carboxylic acids is 2. The van der Waals surface area contributed by atoms with Gasteiger partial charge in [0.05, 0.1) is 5.56 Å². The quantitative estimate of drug-likeness (QED) is 0.470. The molecule has 90 valence electrons. The Morgan fingerprint density at radius 3 is 2.61 bits per heavy atom. The number of carbonyl (C=O) groups is 2. The first kappa shape index (κ1) is 12.0. The molecular weight excluding hydrogens is 228 g/mol. The molecule has 0 radical (unpaired) electrons. The molecule has 0 aliphatic heterocycles. The van der Waals surface area contributed by atoms with E-state index in [1.165, 1.54) is 6.07 Å². The third-order valence-corrected chi connectivity index (χ3v) is 2.46. The van der Waals surface area contributed by atoms with Crippen LogP contribution in [0.4, 0.5) is 0 Å². The van der Waals surface area contributed by atoms with Gasteiger partial charge in [0.2, 0.25) is 0 Å². The molecule has 0 amide bonds. The smallest absolute Gasteiger partial charge is 0.343 e. The summed E-state index contributed by atoms with van der Waals surface area (Å²) in [4.78, 5) is 22.5. The summed E-state index contributed by atoms with van der Waals surface area (Å²) in [5, 5.41) is 0. The van der Waals surface area contributed by atoms with Crippen LogP contribution in [0, 0.1) is 6.92 Å². The maximum Gasteiger partial charge on any atom is 0.343 e. The van der Waals surface area contributed by atoms with E-state index in [0.29, 0.717) is 23.2 Å². The van der Waals surface area contributed by atoms with Crippen molar-refractivity contribution in [3.8, 4) is 5.75 Å². The second-order valence-corrected chi connectivity index (χ2v) is 3.95. The maximum atomic E-state index is 11.9. The lowest BCUT2D eigenvalue weighted by atomic mass is 10.1. The van der Waals surface area contributed by atoms with Gasteiger partial charge in [0, 0.05) is 5.56 Å². The Bertz CT molecular complexity index is 588. The van der Waals surface area contributed by atoms with Gasteiger partial charge in [0.1, 0.15) is 12.0 Å². The lowest BCUT2D eigenvalue weighted by Crippen LogP contribution is -2.08. The minimum absolute atomic E-state index is 0.367. The van der Waals surface area contributed by atoms with Crippen LogP contribution < -0.4 is 4.74 Å². The molecule has 0 heterocycles. The number of hydrogen-bond donors (Lipinski definition) is 0. The summed E-state index contributed by atoms with van der Waals surface area (Å²) < 4.78 is 5.20. The molecule has 0 aliphatic carbocycles. The SMILES string of the molecule is Cc1cccc(C(=O)Oc2cccc(C=O)c2)c1. The van der Waals surface area contributed by atoms with Crippen LogP contribution >= 0.6 is 0 Å². The van der Waals surface area contributed by atoms with Crippen molar-refractivity contribution < 1.29 is 14.3 Å². The van der Waals surface area contributed by atoms with E-state index in [4.69, 9.17) is 4.74 Å². The molecule has 2 aromatic carbocycles. The molecule has 2 aromatic rings. The molecule has 3 nitrogen and oxygen atoms in total.